The van der Waals surface area contributed by atoms with Gasteiger partial charge in [-0.25, -0.2) is 0 Å². The molecule has 0 amide bonds. The maximum absolute atomic E-state index is 12.2. The van der Waals surface area contributed by atoms with Crippen molar-refractivity contribution in [2.24, 2.45) is 5.73 Å². The van der Waals surface area contributed by atoms with Crippen molar-refractivity contribution in [1.29, 1.82) is 0 Å². The Balaban J connectivity index is 2.40. The van der Waals surface area contributed by atoms with Gasteiger partial charge < -0.3 is 10.3 Å². The quantitative estimate of drug-likeness (QED) is 0.910. The molecule has 0 aliphatic carbocycles. The van der Waals surface area contributed by atoms with Gasteiger partial charge in [-0.2, -0.15) is 13.2 Å². The van der Waals surface area contributed by atoms with Crippen molar-refractivity contribution in [2.75, 3.05) is 0 Å². The average Bonchev–Trinajstić information content (AvgIpc) is 2.63. The Morgan fingerprint density at radius 3 is 2.61 bits per heavy atom. The summed E-state index contributed by atoms with van der Waals surface area (Å²) >= 11 is 5.87. The van der Waals surface area contributed by atoms with Crippen LogP contribution in [0, 0.1) is 0 Å². The van der Waals surface area contributed by atoms with Gasteiger partial charge in [0.15, 0.2) is 0 Å². The van der Waals surface area contributed by atoms with E-state index in [1.165, 1.54) is 0 Å². The molecule has 0 bridgehead atoms. The number of nitrogens with two attached hydrogens (primary N) is 1. The van der Waals surface area contributed by atoms with Crippen LogP contribution in [0.5, 0.6) is 0 Å². The number of fused-ring (bicyclic) bond motifs is 1. The lowest BCUT2D eigenvalue weighted by Gasteiger charge is -2.08. The van der Waals surface area contributed by atoms with Gasteiger partial charge in [-0.05, 0) is 17.7 Å². The Morgan fingerprint density at radius 1 is 1.28 bits per heavy atom. The highest BCUT2D eigenvalue weighted by Crippen LogP contribution is 2.27. The highest BCUT2D eigenvalue weighted by atomic mass is 35.5. The van der Waals surface area contributed by atoms with Crippen LogP contribution < -0.4 is 5.73 Å². The molecule has 0 unspecified atom stereocenters. The number of hydrogen-bond donors (Lipinski definition) is 1. The van der Waals surface area contributed by atoms with Gasteiger partial charge in [0.2, 0.25) is 0 Å². The topological polar surface area (TPSA) is 30.9 Å². The Kier molecular flexibility index (Phi) is 3.54. The molecule has 2 rings (SSSR count). The largest absolute Gasteiger partial charge is 0.390 e. The van der Waals surface area contributed by atoms with Crippen LogP contribution in [0.15, 0.2) is 24.4 Å². The summed E-state index contributed by atoms with van der Waals surface area (Å²) in [5.41, 5.74) is 7.09. The fourth-order valence-electron chi connectivity index (χ4n) is 1.94. The second kappa shape index (κ2) is 4.82. The molecule has 6 heteroatoms. The van der Waals surface area contributed by atoms with E-state index in [0.717, 1.165) is 10.9 Å². The lowest BCUT2D eigenvalue weighted by Crippen LogP contribution is -2.11. The molecule has 1 aromatic carbocycles. The summed E-state index contributed by atoms with van der Waals surface area (Å²) in [6.45, 7) is 0.164. The predicted molar refractivity (Wildman–Crippen MR) is 65.5 cm³/mol. The number of halogens is 4. The second-order valence-corrected chi connectivity index (χ2v) is 4.51. The SMILES string of the molecule is NCc1cn(CCC(F)(F)F)c2cc(Cl)ccc12. The lowest BCUT2D eigenvalue weighted by atomic mass is 10.2. The number of hydrogen-bond acceptors (Lipinski definition) is 1. The summed E-state index contributed by atoms with van der Waals surface area (Å²) in [6, 6.07) is 5.15. The normalized spacial score (nSPS) is 12.3. The zero-order valence-electron chi connectivity index (χ0n) is 9.47. The summed E-state index contributed by atoms with van der Waals surface area (Å²) in [6.07, 6.45) is -3.38. The van der Waals surface area contributed by atoms with E-state index < -0.39 is 12.6 Å². The first-order chi connectivity index (χ1) is 8.40. The predicted octanol–water partition coefficient (Wildman–Crippen LogP) is 3.71. The molecule has 0 fully saturated rings. The Hall–Kier alpha value is -1.20. The van der Waals surface area contributed by atoms with E-state index in [1.54, 1.807) is 29.0 Å². The van der Waals surface area contributed by atoms with Gasteiger partial charge in [-0.3, -0.25) is 0 Å². The molecule has 0 saturated heterocycles. The van der Waals surface area contributed by atoms with E-state index in [1.807, 2.05) is 0 Å². The Labute approximate surface area is 107 Å². The van der Waals surface area contributed by atoms with Crippen LogP contribution in [0.3, 0.4) is 0 Å². The lowest BCUT2D eigenvalue weighted by molar-refractivity contribution is -0.136. The zero-order valence-corrected chi connectivity index (χ0v) is 10.2. The second-order valence-electron chi connectivity index (χ2n) is 4.08. The minimum atomic E-state index is -4.17. The van der Waals surface area contributed by atoms with Crippen LogP contribution in [0.4, 0.5) is 13.2 Å². The molecular weight excluding hydrogens is 265 g/mol. The molecule has 1 heterocycles. The third kappa shape index (κ3) is 2.79. The Bertz CT molecular complexity index is 560. The highest BCUT2D eigenvalue weighted by molar-refractivity contribution is 6.31. The maximum Gasteiger partial charge on any atom is 0.390 e. The molecule has 0 radical (unpaired) electrons. The van der Waals surface area contributed by atoms with Crippen molar-refractivity contribution < 1.29 is 13.2 Å². The fourth-order valence-corrected chi connectivity index (χ4v) is 2.10. The number of nitrogens with zero attached hydrogens (tertiary/aromatic N) is 1. The standard InChI is InChI=1S/C12H12ClF3N2/c13-9-1-2-10-8(6-17)7-18(11(10)5-9)4-3-12(14,15)16/h1-2,5,7H,3-4,6,17H2. The number of rotatable bonds is 3. The first-order valence-corrected chi connectivity index (χ1v) is 5.82. The third-order valence-corrected chi connectivity index (χ3v) is 3.02. The van der Waals surface area contributed by atoms with Gasteiger partial charge in [0, 0.05) is 35.2 Å². The molecule has 1 aromatic heterocycles. The van der Waals surface area contributed by atoms with E-state index in [2.05, 4.69) is 0 Å². The minimum absolute atomic E-state index is 0.125. The number of aromatic nitrogens is 1. The Morgan fingerprint density at radius 2 is 2.00 bits per heavy atom. The van der Waals surface area contributed by atoms with Crippen LogP contribution in [-0.4, -0.2) is 10.7 Å². The fraction of sp³-hybridized carbons (Fsp3) is 0.333. The van der Waals surface area contributed by atoms with Crippen LogP contribution in [-0.2, 0) is 13.1 Å². The first kappa shape index (κ1) is 13.2. The summed E-state index contributed by atoms with van der Waals surface area (Å²) in [7, 11) is 0. The molecule has 0 aliphatic heterocycles. The van der Waals surface area contributed by atoms with Gasteiger partial charge in [0.25, 0.3) is 0 Å². The van der Waals surface area contributed by atoms with Gasteiger partial charge in [-0.1, -0.05) is 17.7 Å². The number of aryl methyl sites for hydroxylation is 1. The van der Waals surface area contributed by atoms with Crippen LogP contribution in [0.1, 0.15) is 12.0 Å². The van der Waals surface area contributed by atoms with Gasteiger partial charge in [0.1, 0.15) is 0 Å². The molecule has 18 heavy (non-hydrogen) atoms. The third-order valence-electron chi connectivity index (χ3n) is 2.78. The molecule has 0 atom stereocenters. The van der Waals surface area contributed by atoms with E-state index >= 15 is 0 Å². The van der Waals surface area contributed by atoms with Crippen molar-refractivity contribution in [2.45, 2.75) is 25.7 Å². The summed E-state index contributed by atoms with van der Waals surface area (Å²) in [5.74, 6) is 0. The monoisotopic (exact) mass is 276 g/mol. The van der Waals surface area contributed by atoms with Crippen LogP contribution in [0.25, 0.3) is 10.9 Å². The summed E-state index contributed by atoms with van der Waals surface area (Å²) in [5, 5.41) is 1.35. The van der Waals surface area contributed by atoms with Crippen molar-refractivity contribution in [3.8, 4) is 0 Å². The van der Waals surface area contributed by atoms with Gasteiger partial charge in [0.05, 0.1) is 6.42 Å². The molecule has 0 spiro atoms. The highest BCUT2D eigenvalue weighted by Gasteiger charge is 2.27. The van der Waals surface area contributed by atoms with E-state index in [0.29, 0.717) is 10.5 Å². The molecular formula is C12H12ClF3N2. The van der Waals surface area contributed by atoms with E-state index in [9.17, 15) is 13.2 Å². The van der Waals surface area contributed by atoms with E-state index in [4.69, 9.17) is 17.3 Å². The zero-order chi connectivity index (χ0) is 13.3. The average molecular weight is 277 g/mol. The molecule has 0 aliphatic rings. The smallest absolute Gasteiger partial charge is 0.347 e. The van der Waals surface area contributed by atoms with Gasteiger partial charge in [-0.15, -0.1) is 0 Å². The maximum atomic E-state index is 12.2. The number of alkyl halides is 3. The first-order valence-electron chi connectivity index (χ1n) is 5.45. The number of benzene rings is 1. The van der Waals surface area contributed by atoms with Crippen molar-refractivity contribution in [3.63, 3.8) is 0 Å². The molecule has 2 N–H and O–H groups in total. The minimum Gasteiger partial charge on any atom is -0.347 e. The van der Waals surface area contributed by atoms with Crippen molar-refractivity contribution in [1.82, 2.24) is 4.57 Å². The van der Waals surface area contributed by atoms with Crippen molar-refractivity contribution in [3.05, 3.63) is 35.0 Å². The van der Waals surface area contributed by atoms with Crippen molar-refractivity contribution >= 4 is 22.5 Å². The van der Waals surface area contributed by atoms with Crippen LogP contribution >= 0.6 is 11.6 Å². The summed E-state index contributed by atoms with van der Waals surface area (Å²) in [4.78, 5) is 0. The molecule has 98 valence electrons. The van der Waals surface area contributed by atoms with E-state index in [-0.39, 0.29) is 13.1 Å². The molecule has 2 aromatic rings. The van der Waals surface area contributed by atoms with Crippen LogP contribution in [0.2, 0.25) is 5.02 Å². The summed E-state index contributed by atoms with van der Waals surface area (Å²) < 4.78 is 38.3. The molecule has 0 saturated carbocycles. The van der Waals surface area contributed by atoms with Gasteiger partial charge >= 0.3 is 6.18 Å². The molecule has 2 nitrogen and oxygen atoms in total.